The summed E-state index contributed by atoms with van der Waals surface area (Å²) in [6, 6.07) is 90.9. The van der Waals surface area contributed by atoms with E-state index in [0.717, 1.165) is 101 Å². The van der Waals surface area contributed by atoms with E-state index in [4.69, 9.17) is 9.97 Å². The van der Waals surface area contributed by atoms with Gasteiger partial charge in [-0.3, -0.25) is 0 Å². The van der Waals surface area contributed by atoms with Crippen molar-refractivity contribution in [3.8, 4) is 45.0 Å². The summed E-state index contributed by atoms with van der Waals surface area (Å²) < 4.78 is 0. The third-order valence-electron chi connectivity index (χ3n) is 12.8. The Hall–Kier alpha value is -8.14. The van der Waals surface area contributed by atoms with Crippen molar-refractivity contribution in [3.63, 3.8) is 0 Å². The summed E-state index contributed by atoms with van der Waals surface area (Å²) in [5, 5.41) is 4.56. The summed E-state index contributed by atoms with van der Waals surface area (Å²) in [6.07, 6.45) is 7.47. The van der Waals surface area contributed by atoms with E-state index in [1.54, 1.807) is 0 Å². The summed E-state index contributed by atoms with van der Waals surface area (Å²) in [4.78, 5) is 22.9. The summed E-state index contributed by atoms with van der Waals surface area (Å²) in [5.41, 5.74) is 14.4. The van der Waals surface area contributed by atoms with E-state index in [1.165, 1.54) is 5.56 Å². The first-order valence-electron chi connectivity index (χ1n) is 25.7. The Bertz CT molecular complexity index is 3640. The second-order valence-electron chi connectivity index (χ2n) is 18.9. The number of fused-ring (bicyclic) bond motifs is 2. The molecule has 78 heavy (non-hydrogen) atoms. The minimum Gasteiger partial charge on any atom is -0.346 e. The number of aromatic nitrogens is 4. The number of hydrogen-bond donors (Lipinski definition) is 0. The molecule has 386 valence electrons. The SMILES string of the molecule is CC.CC(C)(C)c1ccc(N(c2[c-]c(-c3ccccn3)ccc2)c2[c-]c(-c3ccccn3)ccc2)cc1.[Pt+2].[Pt+2].[c-]1c(-c2cc3ccccc3cn2)cccc1N(c1[c-]c(-c2cc3ccccc3cn2)ccc1)c1ccccc1. The Balaban J connectivity index is 0.000000196. The van der Waals surface area contributed by atoms with Crippen molar-refractivity contribution in [1.29, 1.82) is 0 Å². The maximum absolute atomic E-state index is 4.74. The van der Waals surface area contributed by atoms with Gasteiger partial charge < -0.3 is 29.7 Å². The zero-order valence-corrected chi connectivity index (χ0v) is 48.5. The molecule has 0 aliphatic carbocycles. The van der Waals surface area contributed by atoms with E-state index < -0.39 is 0 Å². The molecule has 0 unspecified atom stereocenters. The molecule has 0 amide bonds. The molecule has 0 aliphatic rings. The molecular formula is C70H56N6Pt2. The second kappa shape index (κ2) is 26.3. The first-order valence-corrected chi connectivity index (χ1v) is 25.7. The first-order chi connectivity index (χ1) is 37.3. The molecule has 4 aromatic heterocycles. The van der Waals surface area contributed by atoms with Crippen molar-refractivity contribution in [2.45, 2.75) is 40.0 Å². The van der Waals surface area contributed by atoms with Gasteiger partial charge in [0, 0.05) is 36.2 Å². The molecule has 0 saturated carbocycles. The van der Waals surface area contributed by atoms with Crippen LogP contribution in [0.4, 0.5) is 34.1 Å². The van der Waals surface area contributed by atoms with Gasteiger partial charge in [0.25, 0.3) is 0 Å². The van der Waals surface area contributed by atoms with Crippen molar-refractivity contribution in [1.82, 2.24) is 19.9 Å². The van der Waals surface area contributed by atoms with Gasteiger partial charge in [-0.2, -0.15) is 0 Å². The van der Waals surface area contributed by atoms with Crippen LogP contribution in [-0.2, 0) is 47.5 Å². The molecule has 0 aliphatic heterocycles. The molecule has 12 aromatic rings. The summed E-state index contributed by atoms with van der Waals surface area (Å²) in [5.74, 6) is 0. The van der Waals surface area contributed by atoms with Crippen LogP contribution < -0.4 is 9.80 Å². The summed E-state index contributed by atoms with van der Waals surface area (Å²) >= 11 is 0. The average Bonchev–Trinajstić information content (AvgIpc) is 3.53. The number of nitrogens with zero attached hydrogens (tertiary/aromatic N) is 6. The molecule has 0 fully saturated rings. The summed E-state index contributed by atoms with van der Waals surface area (Å²) in [6.45, 7) is 10.7. The van der Waals surface area contributed by atoms with Crippen LogP contribution in [0.15, 0.2) is 249 Å². The number of pyridine rings is 4. The zero-order valence-electron chi connectivity index (χ0n) is 44.0. The Kier molecular flexibility index (Phi) is 18.9. The predicted octanol–water partition coefficient (Wildman–Crippen LogP) is 18.4. The third kappa shape index (κ3) is 13.2. The van der Waals surface area contributed by atoms with Crippen LogP contribution in [0.5, 0.6) is 0 Å². The fraction of sp³-hybridized carbons (Fsp3) is 0.0857. The second-order valence-corrected chi connectivity index (χ2v) is 18.9. The fourth-order valence-electron chi connectivity index (χ4n) is 8.96. The number of benzene rings is 8. The normalized spacial score (nSPS) is 10.7. The van der Waals surface area contributed by atoms with Gasteiger partial charge in [0.15, 0.2) is 0 Å². The Morgan fingerprint density at radius 1 is 0.321 bits per heavy atom. The molecule has 6 nitrogen and oxygen atoms in total. The average molecular weight is 1370 g/mol. The maximum atomic E-state index is 4.74. The first kappa shape index (κ1) is 56.1. The molecule has 0 radical (unpaired) electrons. The molecule has 8 heteroatoms. The number of rotatable bonds is 10. The Morgan fingerprint density at radius 3 is 1.04 bits per heavy atom. The Morgan fingerprint density at radius 2 is 0.667 bits per heavy atom. The van der Waals surface area contributed by atoms with Crippen LogP contribution in [0.3, 0.4) is 0 Å². The van der Waals surface area contributed by atoms with E-state index in [1.807, 2.05) is 117 Å². The van der Waals surface area contributed by atoms with Crippen LogP contribution in [0.1, 0.15) is 40.2 Å². The number of hydrogen-bond acceptors (Lipinski definition) is 6. The molecule has 12 rings (SSSR count). The van der Waals surface area contributed by atoms with Gasteiger partial charge in [-0.1, -0.05) is 150 Å². The predicted molar refractivity (Wildman–Crippen MR) is 316 cm³/mol. The standard InChI is InChI=1S/C36H23N3.C32H27N3.C2H6.2Pt/c1-2-16-32(17-3-1)39(33-18-8-14-28(20-33)35-22-26-10-4-6-12-30(26)24-37-35)34-19-9-15-29(21-34)36-23-27-11-5-7-13-31(27)25-38-36;1-32(2,3)26-16-18-27(19-17-26)35(28-12-8-10-24(22-28)30-14-4-6-20-33-30)29-13-9-11-25(23-29)31-15-5-7-21-34-31;1-2;;/h1-19,22-25H;4-21H,1-3H3;1-2H3;;/q2*-2;;2*+2. The van der Waals surface area contributed by atoms with Gasteiger partial charge in [0.1, 0.15) is 0 Å². The quantitative estimate of drug-likeness (QED) is 0.127. The molecule has 0 spiro atoms. The van der Waals surface area contributed by atoms with Gasteiger partial charge in [-0.25, -0.2) is 0 Å². The van der Waals surface area contributed by atoms with Crippen molar-refractivity contribution >= 4 is 55.7 Å². The maximum Gasteiger partial charge on any atom is 2.00 e. The largest absolute Gasteiger partial charge is 2.00 e. The van der Waals surface area contributed by atoms with Gasteiger partial charge in [0.05, 0.1) is 0 Å². The van der Waals surface area contributed by atoms with Crippen LogP contribution in [0.25, 0.3) is 66.6 Å². The topological polar surface area (TPSA) is 58.0 Å². The van der Waals surface area contributed by atoms with Crippen LogP contribution in [0, 0.1) is 24.3 Å². The molecule has 0 bridgehead atoms. The monoisotopic (exact) mass is 1370 g/mol. The van der Waals surface area contributed by atoms with Crippen molar-refractivity contribution in [3.05, 3.63) is 279 Å². The van der Waals surface area contributed by atoms with E-state index in [9.17, 15) is 0 Å². The minimum absolute atomic E-state index is 0. The number of para-hydroxylation sites is 1. The third-order valence-corrected chi connectivity index (χ3v) is 12.8. The Labute approximate surface area is 488 Å². The van der Waals surface area contributed by atoms with Crippen LogP contribution >= 0.6 is 0 Å². The molecule has 0 atom stereocenters. The van der Waals surface area contributed by atoms with Gasteiger partial charge >= 0.3 is 42.1 Å². The van der Waals surface area contributed by atoms with Gasteiger partial charge in [0.2, 0.25) is 0 Å². The van der Waals surface area contributed by atoms with Crippen LogP contribution in [0.2, 0.25) is 0 Å². The van der Waals surface area contributed by atoms with Crippen molar-refractivity contribution < 1.29 is 42.1 Å². The molecule has 0 saturated heterocycles. The molecule has 8 aromatic carbocycles. The van der Waals surface area contributed by atoms with Gasteiger partial charge in [-0.15, -0.1) is 119 Å². The van der Waals surface area contributed by atoms with E-state index in [2.05, 4.69) is 210 Å². The minimum atomic E-state index is 0. The van der Waals surface area contributed by atoms with Crippen molar-refractivity contribution in [2.75, 3.05) is 9.80 Å². The van der Waals surface area contributed by atoms with E-state index in [0.29, 0.717) is 0 Å². The van der Waals surface area contributed by atoms with Crippen molar-refractivity contribution in [2.24, 2.45) is 0 Å². The zero-order chi connectivity index (χ0) is 52.3. The summed E-state index contributed by atoms with van der Waals surface area (Å²) in [7, 11) is 0. The van der Waals surface area contributed by atoms with Gasteiger partial charge in [-0.05, 0) is 114 Å². The van der Waals surface area contributed by atoms with Crippen LogP contribution in [-0.4, -0.2) is 19.9 Å². The molecular weight excluding hydrogens is 1310 g/mol. The fourth-order valence-corrected chi connectivity index (χ4v) is 8.96. The van der Waals surface area contributed by atoms with E-state index in [-0.39, 0.29) is 47.5 Å². The molecule has 4 heterocycles. The smallest absolute Gasteiger partial charge is 0.346 e. The molecule has 0 N–H and O–H groups in total. The van der Waals surface area contributed by atoms with E-state index >= 15 is 0 Å². The number of anilines is 6.